The lowest BCUT2D eigenvalue weighted by Crippen LogP contribution is -2.48. The fourth-order valence-corrected chi connectivity index (χ4v) is 3.58. The van der Waals surface area contributed by atoms with Crippen LogP contribution in [0, 0.1) is 24.0 Å². The Balaban J connectivity index is 1.66. The topological polar surface area (TPSA) is 139 Å². The van der Waals surface area contributed by atoms with Crippen molar-refractivity contribution >= 4 is 29.2 Å². The molecule has 11 heteroatoms. The molecule has 1 aliphatic rings. The van der Waals surface area contributed by atoms with Crippen LogP contribution in [0.25, 0.3) is 0 Å². The Hall–Kier alpha value is -3.76. The van der Waals surface area contributed by atoms with Crippen LogP contribution in [-0.4, -0.2) is 63.8 Å². The fraction of sp³-hybridized carbons (Fsp3) is 0.400. The zero-order chi connectivity index (χ0) is 22.7. The normalized spacial score (nSPS) is 15.6. The molecule has 1 aromatic carbocycles. The molecule has 1 aromatic heterocycles. The quantitative estimate of drug-likeness (QED) is 0.546. The van der Waals surface area contributed by atoms with Crippen molar-refractivity contribution in [3.8, 4) is 0 Å². The van der Waals surface area contributed by atoms with Crippen LogP contribution in [0.4, 0.5) is 11.5 Å². The van der Waals surface area contributed by atoms with Gasteiger partial charge in [-0.25, -0.2) is 0 Å². The summed E-state index contributed by atoms with van der Waals surface area (Å²) in [5.74, 6) is -0.359. The molecule has 0 spiro atoms. The van der Waals surface area contributed by atoms with Crippen LogP contribution in [0.2, 0.25) is 0 Å². The molecule has 0 saturated carbocycles. The lowest BCUT2D eigenvalue weighted by Gasteiger charge is -2.28. The summed E-state index contributed by atoms with van der Waals surface area (Å²) in [7, 11) is 1.49. The monoisotopic (exact) mass is 429 g/mol. The third kappa shape index (κ3) is 4.87. The number of rotatable bonds is 6. The Kier molecular flexibility index (Phi) is 6.33. The summed E-state index contributed by atoms with van der Waals surface area (Å²) in [6, 6.07) is 5.00. The molecule has 3 rings (SSSR count). The number of likely N-dealkylation sites (tertiary alicyclic amines) is 1. The number of benzene rings is 1. The molecule has 0 bridgehead atoms. The highest BCUT2D eigenvalue weighted by atomic mass is 16.6. The van der Waals surface area contributed by atoms with Gasteiger partial charge in [-0.05, 0) is 38.8 Å². The number of aromatic nitrogens is 1. The summed E-state index contributed by atoms with van der Waals surface area (Å²) >= 11 is 0. The number of nitrogens with zero attached hydrogens (tertiary/aromatic N) is 4. The van der Waals surface area contributed by atoms with E-state index in [1.165, 1.54) is 35.0 Å². The van der Waals surface area contributed by atoms with Gasteiger partial charge in [0, 0.05) is 36.9 Å². The first-order chi connectivity index (χ1) is 14.7. The van der Waals surface area contributed by atoms with E-state index >= 15 is 0 Å². The third-order valence-electron chi connectivity index (χ3n) is 5.09. The van der Waals surface area contributed by atoms with Crippen molar-refractivity contribution in [2.45, 2.75) is 32.7 Å². The molecule has 2 aromatic rings. The number of nitrogens with one attached hydrogen (secondary N) is 1. The highest BCUT2D eigenvalue weighted by Gasteiger charge is 2.36. The summed E-state index contributed by atoms with van der Waals surface area (Å²) < 4.78 is 4.88. The van der Waals surface area contributed by atoms with Crippen molar-refractivity contribution in [1.82, 2.24) is 15.0 Å². The molecule has 1 fully saturated rings. The van der Waals surface area contributed by atoms with Crippen molar-refractivity contribution in [3.05, 3.63) is 51.3 Å². The van der Waals surface area contributed by atoms with E-state index in [0.29, 0.717) is 30.7 Å². The van der Waals surface area contributed by atoms with Crippen molar-refractivity contribution in [3.63, 3.8) is 0 Å². The summed E-state index contributed by atoms with van der Waals surface area (Å²) in [6.45, 7) is 3.43. The Morgan fingerprint density at radius 2 is 2.06 bits per heavy atom. The van der Waals surface area contributed by atoms with Gasteiger partial charge in [-0.2, -0.15) is 0 Å². The van der Waals surface area contributed by atoms with E-state index < -0.39 is 16.9 Å². The van der Waals surface area contributed by atoms with Gasteiger partial charge in [-0.3, -0.25) is 24.5 Å². The highest BCUT2D eigenvalue weighted by Crippen LogP contribution is 2.24. The molecule has 1 aliphatic heterocycles. The number of carbonyl (C=O) groups is 3. The van der Waals surface area contributed by atoms with Crippen LogP contribution in [0.5, 0.6) is 0 Å². The first-order valence-electron chi connectivity index (χ1n) is 9.71. The molecule has 1 N–H and O–H groups in total. The number of hydrogen-bond acceptors (Lipinski definition) is 7. The maximum Gasteiger partial charge on any atom is 0.272 e. The van der Waals surface area contributed by atoms with Crippen molar-refractivity contribution in [2.24, 2.45) is 0 Å². The van der Waals surface area contributed by atoms with Crippen LogP contribution >= 0.6 is 0 Å². The van der Waals surface area contributed by atoms with E-state index in [1.807, 2.05) is 0 Å². The summed E-state index contributed by atoms with van der Waals surface area (Å²) in [5.41, 5.74) is 0.582. The van der Waals surface area contributed by atoms with Gasteiger partial charge in [0.25, 0.3) is 11.6 Å². The summed E-state index contributed by atoms with van der Waals surface area (Å²) in [4.78, 5) is 51.3. The molecule has 0 radical (unpaired) electrons. The number of likely N-dealkylation sites (N-methyl/N-ethyl adjacent to an activating group) is 1. The van der Waals surface area contributed by atoms with Crippen LogP contribution < -0.4 is 5.32 Å². The molecule has 11 nitrogen and oxygen atoms in total. The second kappa shape index (κ2) is 8.94. The zero-order valence-corrected chi connectivity index (χ0v) is 17.5. The van der Waals surface area contributed by atoms with Crippen molar-refractivity contribution in [2.75, 3.05) is 25.5 Å². The van der Waals surface area contributed by atoms with E-state index in [4.69, 9.17) is 4.52 Å². The lowest BCUT2D eigenvalue weighted by molar-refractivity contribution is -0.385. The minimum Gasteiger partial charge on any atom is -0.360 e. The zero-order valence-electron chi connectivity index (χ0n) is 17.5. The van der Waals surface area contributed by atoms with Crippen LogP contribution in [0.15, 0.2) is 28.8 Å². The third-order valence-corrected chi connectivity index (χ3v) is 5.09. The largest absolute Gasteiger partial charge is 0.360 e. The summed E-state index contributed by atoms with van der Waals surface area (Å²) in [6.07, 6.45) is 1.12. The molecule has 0 aliphatic carbocycles. The van der Waals surface area contributed by atoms with Gasteiger partial charge in [-0.15, -0.1) is 0 Å². The number of carbonyl (C=O) groups excluding carboxylic acids is 3. The van der Waals surface area contributed by atoms with Gasteiger partial charge in [0.15, 0.2) is 5.82 Å². The molecule has 31 heavy (non-hydrogen) atoms. The SMILES string of the molecule is Cc1cc(NC(=O)CN(C)C(=O)C2CCCN2C(=O)c2ccc([N+](=O)[O-])c(C)c2)no1. The van der Waals surface area contributed by atoms with Crippen molar-refractivity contribution < 1.29 is 23.8 Å². The predicted molar refractivity (Wildman–Crippen MR) is 109 cm³/mol. The minimum atomic E-state index is -0.699. The average molecular weight is 429 g/mol. The van der Waals surface area contributed by atoms with E-state index in [1.54, 1.807) is 19.9 Å². The van der Waals surface area contributed by atoms with Gasteiger partial charge in [-0.1, -0.05) is 5.16 Å². The fourth-order valence-electron chi connectivity index (χ4n) is 3.58. The van der Waals surface area contributed by atoms with Gasteiger partial charge >= 0.3 is 0 Å². The molecular formula is C20H23N5O6. The Morgan fingerprint density at radius 1 is 1.32 bits per heavy atom. The number of nitro groups is 1. The number of nitro benzene ring substituents is 1. The molecule has 1 unspecified atom stereocenters. The van der Waals surface area contributed by atoms with E-state index in [9.17, 15) is 24.5 Å². The smallest absolute Gasteiger partial charge is 0.272 e. The predicted octanol–water partition coefficient (Wildman–Crippen LogP) is 1.90. The number of aryl methyl sites for hydroxylation is 2. The maximum atomic E-state index is 13.0. The standard InChI is InChI=1S/C20H23N5O6/c1-12-9-14(6-7-15(12)25(29)30)19(27)24-8-4-5-16(24)20(28)23(3)11-18(26)21-17-10-13(2)31-22-17/h6-7,9-10,16H,4-5,8,11H2,1-3H3,(H,21,22,26). The van der Waals surface area contributed by atoms with E-state index in [-0.39, 0.29) is 35.4 Å². The number of amides is 3. The van der Waals surface area contributed by atoms with Crippen LogP contribution in [0.1, 0.15) is 34.5 Å². The second-order valence-electron chi connectivity index (χ2n) is 7.48. The number of hydrogen-bond donors (Lipinski definition) is 1. The lowest BCUT2D eigenvalue weighted by atomic mass is 10.1. The van der Waals surface area contributed by atoms with Gasteiger partial charge in [0.2, 0.25) is 11.8 Å². The Morgan fingerprint density at radius 3 is 2.68 bits per heavy atom. The van der Waals surface area contributed by atoms with E-state index in [0.717, 1.165) is 0 Å². The van der Waals surface area contributed by atoms with Gasteiger partial charge in [0.05, 0.1) is 11.5 Å². The van der Waals surface area contributed by atoms with Crippen LogP contribution in [0.3, 0.4) is 0 Å². The summed E-state index contributed by atoms with van der Waals surface area (Å²) in [5, 5.41) is 17.2. The first-order valence-corrected chi connectivity index (χ1v) is 9.71. The van der Waals surface area contributed by atoms with Crippen molar-refractivity contribution in [1.29, 1.82) is 0 Å². The highest BCUT2D eigenvalue weighted by molar-refractivity contribution is 5.99. The first kappa shape index (κ1) is 21.9. The molecule has 164 valence electrons. The molecule has 2 heterocycles. The number of anilines is 1. The van der Waals surface area contributed by atoms with Crippen LogP contribution in [-0.2, 0) is 9.59 Å². The molecule has 3 amide bonds. The Labute approximate surface area is 178 Å². The second-order valence-corrected chi connectivity index (χ2v) is 7.48. The van der Waals surface area contributed by atoms with Gasteiger partial charge in [0.1, 0.15) is 11.8 Å². The molecular weight excluding hydrogens is 406 g/mol. The molecule has 1 atom stereocenters. The average Bonchev–Trinajstić information content (AvgIpc) is 3.35. The van der Waals surface area contributed by atoms with Gasteiger partial charge < -0.3 is 19.6 Å². The van der Waals surface area contributed by atoms with E-state index in [2.05, 4.69) is 10.5 Å². The Bertz CT molecular complexity index is 1030. The minimum absolute atomic E-state index is 0.0707. The molecule has 1 saturated heterocycles. The maximum absolute atomic E-state index is 13.0.